The van der Waals surface area contributed by atoms with Crippen LogP contribution in [0.1, 0.15) is 28.8 Å². The molecule has 0 aromatic heterocycles. The maximum Gasteiger partial charge on any atom is 0.255 e. The zero-order valence-corrected chi connectivity index (χ0v) is 12.0. The van der Waals surface area contributed by atoms with Crippen LogP contribution in [0.3, 0.4) is 0 Å². The molecule has 0 spiro atoms. The average Bonchev–Trinajstić information content (AvgIpc) is 2.82. The van der Waals surface area contributed by atoms with E-state index in [1.54, 1.807) is 23.1 Å². The summed E-state index contributed by atoms with van der Waals surface area (Å²) in [5, 5.41) is 2.70. The fourth-order valence-electron chi connectivity index (χ4n) is 2.85. The molecule has 2 heterocycles. The van der Waals surface area contributed by atoms with Crippen LogP contribution in [-0.2, 0) is 16.1 Å². The molecule has 0 aliphatic carbocycles. The Bertz CT molecular complexity index is 668. The number of fused-ring (bicyclic) bond motifs is 1. The third kappa shape index (κ3) is 2.47. The molecular formula is C16H16N2O4. The van der Waals surface area contributed by atoms with Crippen molar-refractivity contribution in [2.24, 2.45) is 0 Å². The lowest BCUT2D eigenvalue weighted by molar-refractivity contribution is -0.126. The van der Waals surface area contributed by atoms with E-state index in [1.165, 1.54) is 0 Å². The molecule has 1 N–H and O–H groups in total. The first-order valence-electron chi connectivity index (χ1n) is 7.09. The smallest absolute Gasteiger partial charge is 0.255 e. The Kier molecular flexibility index (Phi) is 3.66. The van der Waals surface area contributed by atoms with Crippen molar-refractivity contribution in [1.29, 1.82) is 0 Å². The second-order valence-electron chi connectivity index (χ2n) is 5.38. The SMILES string of the molecule is C=C1CCC(N2Cc3cc(OCC=O)ccc3C2=O)C(=O)N1. The van der Waals surface area contributed by atoms with Crippen molar-refractivity contribution in [3.63, 3.8) is 0 Å². The number of ether oxygens (including phenoxy) is 1. The van der Waals surface area contributed by atoms with Crippen molar-refractivity contribution < 1.29 is 19.1 Å². The third-order valence-corrected chi connectivity index (χ3v) is 3.93. The molecule has 0 saturated carbocycles. The van der Waals surface area contributed by atoms with Crippen LogP contribution in [0.4, 0.5) is 0 Å². The molecule has 3 rings (SSSR count). The molecule has 1 fully saturated rings. The highest BCUT2D eigenvalue weighted by molar-refractivity contribution is 6.01. The predicted octanol–water partition coefficient (Wildman–Crippen LogP) is 1.01. The summed E-state index contributed by atoms with van der Waals surface area (Å²) in [4.78, 5) is 36.5. The molecule has 2 aliphatic rings. The normalized spacial score (nSPS) is 20.6. The van der Waals surface area contributed by atoms with Gasteiger partial charge in [0, 0.05) is 17.8 Å². The Morgan fingerprint density at radius 3 is 2.95 bits per heavy atom. The summed E-state index contributed by atoms with van der Waals surface area (Å²) in [6.45, 7) is 4.09. The van der Waals surface area contributed by atoms with Gasteiger partial charge in [-0.3, -0.25) is 14.4 Å². The highest BCUT2D eigenvalue weighted by Crippen LogP contribution is 2.30. The van der Waals surface area contributed by atoms with Crippen molar-refractivity contribution in [3.05, 3.63) is 41.6 Å². The summed E-state index contributed by atoms with van der Waals surface area (Å²) in [6, 6.07) is 4.62. The summed E-state index contributed by atoms with van der Waals surface area (Å²) < 4.78 is 5.24. The molecule has 6 nitrogen and oxygen atoms in total. The van der Waals surface area contributed by atoms with E-state index in [0.29, 0.717) is 42.7 Å². The summed E-state index contributed by atoms with van der Waals surface area (Å²) in [5.74, 6) is 0.210. The van der Waals surface area contributed by atoms with Gasteiger partial charge in [-0.15, -0.1) is 0 Å². The molecule has 22 heavy (non-hydrogen) atoms. The Morgan fingerprint density at radius 1 is 1.41 bits per heavy atom. The molecule has 1 aromatic carbocycles. The summed E-state index contributed by atoms with van der Waals surface area (Å²) >= 11 is 0. The number of carbonyl (C=O) groups excluding carboxylic acids is 3. The van der Waals surface area contributed by atoms with E-state index >= 15 is 0 Å². The van der Waals surface area contributed by atoms with Crippen molar-refractivity contribution in [1.82, 2.24) is 10.2 Å². The van der Waals surface area contributed by atoms with Gasteiger partial charge < -0.3 is 15.0 Å². The zero-order chi connectivity index (χ0) is 15.7. The summed E-state index contributed by atoms with van der Waals surface area (Å²) in [6.07, 6.45) is 1.92. The Balaban J connectivity index is 1.80. The van der Waals surface area contributed by atoms with Crippen LogP contribution in [-0.4, -0.2) is 35.6 Å². The van der Waals surface area contributed by atoms with Gasteiger partial charge in [0.2, 0.25) is 5.91 Å². The minimum absolute atomic E-state index is 0.0242. The predicted molar refractivity (Wildman–Crippen MR) is 78.2 cm³/mol. The lowest BCUT2D eigenvalue weighted by Crippen LogP contribution is -2.49. The quantitative estimate of drug-likeness (QED) is 0.842. The molecule has 0 bridgehead atoms. The van der Waals surface area contributed by atoms with Gasteiger partial charge in [-0.1, -0.05) is 6.58 Å². The number of amides is 2. The lowest BCUT2D eigenvalue weighted by Gasteiger charge is -2.30. The van der Waals surface area contributed by atoms with Gasteiger partial charge in [-0.05, 0) is 36.6 Å². The fourth-order valence-corrected chi connectivity index (χ4v) is 2.85. The van der Waals surface area contributed by atoms with Crippen LogP contribution in [0.2, 0.25) is 0 Å². The first-order valence-corrected chi connectivity index (χ1v) is 7.09. The van der Waals surface area contributed by atoms with E-state index in [2.05, 4.69) is 11.9 Å². The van der Waals surface area contributed by atoms with Gasteiger partial charge in [0.15, 0.2) is 6.29 Å². The maximum atomic E-state index is 12.5. The highest BCUT2D eigenvalue weighted by atomic mass is 16.5. The standard InChI is InChI=1S/C16H16N2O4/c1-10-2-5-14(15(20)17-10)18-9-11-8-12(22-7-6-19)3-4-13(11)16(18)21/h3-4,6,8,14H,1-2,5,7,9H2,(H,17,20). The van der Waals surface area contributed by atoms with E-state index in [9.17, 15) is 14.4 Å². The second-order valence-corrected chi connectivity index (χ2v) is 5.38. The van der Waals surface area contributed by atoms with Gasteiger partial charge in [0.25, 0.3) is 5.91 Å². The van der Waals surface area contributed by atoms with E-state index in [0.717, 1.165) is 5.56 Å². The Labute approximate surface area is 127 Å². The number of allylic oxidation sites excluding steroid dienone is 1. The highest BCUT2D eigenvalue weighted by Gasteiger charge is 2.38. The molecule has 1 atom stereocenters. The number of carbonyl (C=O) groups is 3. The van der Waals surface area contributed by atoms with Crippen molar-refractivity contribution in [2.45, 2.75) is 25.4 Å². The molecule has 2 aliphatic heterocycles. The van der Waals surface area contributed by atoms with Gasteiger partial charge >= 0.3 is 0 Å². The number of piperidine rings is 1. The second kappa shape index (κ2) is 5.63. The minimum atomic E-state index is -0.468. The van der Waals surface area contributed by atoms with Gasteiger partial charge in [0.1, 0.15) is 18.4 Å². The van der Waals surface area contributed by atoms with Crippen LogP contribution in [0.5, 0.6) is 5.75 Å². The van der Waals surface area contributed by atoms with Crippen molar-refractivity contribution in [3.8, 4) is 5.75 Å². The first-order chi connectivity index (χ1) is 10.6. The third-order valence-electron chi connectivity index (χ3n) is 3.93. The molecule has 1 unspecified atom stereocenters. The molecule has 1 aromatic rings. The van der Waals surface area contributed by atoms with Gasteiger partial charge in [-0.2, -0.15) is 0 Å². The molecule has 2 amide bonds. The van der Waals surface area contributed by atoms with Crippen LogP contribution >= 0.6 is 0 Å². The number of aldehydes is 1. The van der Waals surface area contributed by atoms with Crippen LogP contribution < -0.4 is 10.1 Å². The maximum absolute atomic E-state index is 12.5. The topological polar surface area (TPSA) is 75.7 Å². The number of hydrogen-bond donors (Lipinski definition) is 1. The molecular weight excluding hydrogens is 284 g/mol. The lowest BCUT2D eigenvalue weighted by atomic mass is 10.0. The number of nitrogens with zero attached hydrogens (tertiary/aromatic N) is 1. The van der Waals surface area contributed by atoms with Crippen molar-refractivity contribution in [2.75, 3.05) is 6.61 Å². The van der Waals surface area contributed by atoms with Crippen LogP contribution in [0.15, 0.2) is 30.5 Å². The largest absolute Gasteiger partial charge is 0.486 e. The first kappa shape index (κ1) is 14.3. The van der Waals surface area contributed by atoms with E-state index in [4.69, 9.17) is 4.74 Å². The van der Waals surface area contributed by atoms with E-state index in [-0.39, 0.29) is 18.4 Å². The van der Waals surface area contributed by atoms with Crippen LogP contribution in [0.25, 0.3) is 0 Å². The van der Waals surface area contributed by atoms with E-state index in [1.807, 2.05) is 0 Å². The van der Waals surface area contributed by atoms with Crippen LogP contribution in [0, 0.1) is 0 Å². The summed E-state index contributed by atoms with van der Waals surface area (Å²) in [7, 11) is 0. The monoisotopic (exact) mass is 300 g/mol. The molecule has 1 saturated heterocycles. The summed E-state index contributed by atoms with van der Waals surface area (Å²) in [5.41, 5.74) is 2.08. The van der Waals surface area contributed by atoms with Crippen molar-refractivity contribution >= 4 is 18.1 Å². The van der Waals surface area contributed by atoms with Gasteiger partial charge in [-0.25, -0.2) is 0 Å². The number of hydrogen-bond acceptors (Lipinski definition) is 4. The molecule has 6 heteroatoms. The van der Waals surface area contributed by atoms with E-state index < -0.39 is 6.04 Å². The molecule has 0 radical (unpaired) electrons. The zero-order valence-electron chi connectivity index (χ0n) is 12.0. The fraction of sp³-hybridized carbons (Fsp3) is 0.312. The minimum Gasteiger partial charge on any atom is -0.486 e. The van der Waals surface area contributed by atoms with Gasteiger partial charge in [0.05, 0.1) is 0 Å². The number of benzene rings is 1. The molecule has 114 valence electrons. The number of nitrogens with one attached hydrogen (secondary N) is 1. The Morgan fingerprint density at radius 2 is 2.23 bits per heavy atom. The Hall–Kier alpha value is -2.63. The number of rotatable bonds is 4. The average molecular weight is 300 g/mol.